The van der Waals surface area contributed by atoms with Gasteiger partial charge in [-0.25, -0.2) is 0 Å². The van der Waals surface area contributed by atoms with Crippen LogP contribution in [0, 0.1) is 11.8 Å². The Hall–Kier alpha value is -1.25. The molecule has 2 rings (SSSR count). The zero-order valence-corrected chi connectivity index (χ0v) is 26.2. The normalized spacial score (nSPS) is 15.5. The van der Waals surface area contributed by atoms with Gasteiger partial charge in [0.2, 0.25) is 0 Å². The van der Waals surface area contributed by atoms with Crippen LogP contribution < -0.4 is 10.4 Å². The maximum atomic E-state index is 9.51. The Labute approximate surface area is 223 Å². The molecule has 2 aromatic carbocycles. The summed E-state index contributed by atoms with van der Waals surface area (Å²) >= 11 is 0. The van der Waals surface area contributed by atoms with Crippen LogP contribution in [-0.4, -0.2) is 41.1 Å². The highest BCUT2D eigenvalue weighted by Crippen LogP contribution is 2.38. The molecule has 0 fully saturated rings. The van der Waals surface area contributed by atoms with E-state index >= 15 is 0 Å². The number of aliphatic hydroxyl groups excluding tert-OH is 1. The van der Waals surface area contributed by atoms with Gasteiger partial charge in [-0.05, 0) is 52.3 Å². The molecule has 36 heavy (non-hydrogen) atoms. The van der Waals surface area contributed by atoms with E-state index in [1.807, 2.05) is 0 Å². The van der Waals surface area contributed by atoms with Gasteiger partial charge in [0, 0.05) is 19.1 Å². The molecule has 0 aliphatic heterocycles. The van der Waals surface area contributed by atoms with Gasteiger partial charge in [-0.3, -0.25) is 0 Å². The number of benzene rings is 2. The Kier molecular flexibility index (Phi) is 12.1. The van der Waals surface area contributed by atoms with Gasteiger partial charge in [0.1, 0.15) is 0 Å². The maximum absolute atomic E-state index is 9.51. The second-order valence-electron chi connectivity index (χ2n) is 11.6. The van der Waals surface area contributed by atoms with Crippen LogP contribution in [0.3, 0.4) is 0 Å². The van der Waals surface area contributed by atoms with Crippen molar-refractivity contribution in [3.05, 3.63) is 60.7 Å². The van der Waals surface area contributed by atoms with E-state index in [-0.39, 0.29) is 23.7 Å². The fourth-order valence-corrected chi connectivity index (χ4v) is 13.5. The summed E-state index contributed by atoms with van der Waals surface area (Å²) in [4.78, 5) is 0. The molecular weight excluding hydrogens is 477 g/mol. The Balaban J connectivity index is 2.47. The molecule has 5 heteroatoms. The predicted molar refractivity (Wildman–Crippen MR) is 160 cm³/mol. The van der Waals surface area contributed by atoms with Crippen LogP contribution in [0.1, 0.15) is 68.2 Å². The first kappa shape index (κ1) is 31.0. The average Bonchev–Trinajstić information content (AvgIpc) is 2.89. The van der Waals surface area contributed by atoms with Gasteiger partial charge < -0.3 is 14.0 Å². The lowest BCUT2D eigenvalue weighted by molar-refractivity contribution is 0.0459. The quantitative estimate of drug-likeness (QED) is 0.253. The minimum atomic E-state index is -2.59. The molecular formula is C31H52O3Si2. The molecule has 0 radical (unpaired) electrons. The third-order valence-corrected chi connectivity index (χ3v) is 17.9. The van der Waals surface area contributed by atoms with Crippen molar-refractivity contribution in [2.75, 3.05) is 13.2 Å². The highest BCUT2D eigenvalue weighted by Gasteiger charge is 2.50. The van der Waals surface area contributed by atoms with Crippen molar-refractivity contribution in [2.24, 2.45) is 11.8 Å². The van der Waals surface area contributed by atoms with Crippen LogP contribution in [0.2, 0.25) is 23.2 Å². The van der Waals surface area contributed by atoms with Crippen molar-refractivity contribution in [1.29, 1.82) is 0 Å². The molecule has 0 aromatic heterocycles. The second kappa shape index (κ2) is 14.1. The van der Waals surface area contributed by atoms with Crippen molar-refractivity contribution in [2.45, 2.75) is 97.5 Å². The van der Waals surface area contributed by atoms with Crippen molar-refractivity contribution in [3.63, 3.8) is 0 Å². The van der Waals surface area contributed by atoms with Gasteiger partial charge in [0.05, 0.1) is 6.10 Å². The summed E-state index contributed by atoms with van der Waals surface area (Å²) in [5.74, 6) is 0.642. The number of aliphatic hydroxyl groups is 1. The molecule has 0 unspecified atom stereocenters. The van der Waals surface area contributed by atoms with E-state index in [4.69, 9.17) is 8.85 Å². The predicted octanol–water partition coefficient (Wildman–Crippen LogP) is 7.00. The molecule has 0 aliphatic rings. The molecule has 0 saturated carbocycles. The fraction of sp³-hybridized carbons (Fsp3) is 0.613. The van der Waals surface area contributed by atoms with Gasteiger partial charge in [0.15, 0.2) is 8.32 Å². The third kappa shape index (κ3) is 7.19. The van der Waals surface area contributed by atoms with Crippen molar-refractivity contribution in [1.82, 2.24) is 0 Å². The molecule has 0 saturated heterocycles. The molecule has 0 aliphatic carbocycles. The van der Waals surface area contributed by atoms with E-state index in [9.17, 15) is 5.11 Å². The van der Waals surface area contributed by atoms with Crippen LogP contribution in [0.5, 0.6) is 0 Å². The van der Waals surface area contributed by atoms with E-state index in [0.717, 1.165) is 31.0 Å². The minimum absolute atomic E-state index is 0.0386. The third-order valence-electron chi connectivity index (χ3n) is 8.24. The summed E-state index contributed by atoms with van der Waals surface area (Å²) in [5, 5.41) is 12.1. The first-order chi connectivity index (χ1) is 17.1. The Morgan fingerprint density at radius 1 is 0.778 bits per heavy atom. The molecule has 0 heterocycles. The number of rotatable bonds is 15. The number of hydrogen-bond donors (Lipinski definition) is 1. The summed E-state index contributed by atoms with van der Waals surface area (Å²) in [6.45, 7) is 19.5. The molecule has 2 aromatic rings. The molecule has 0 amide bonds. The van der Waals surface area contributed by atoms with Crippen LogP contribution in [-0.2, 0) is 8.85 Å². The van der Waals surface area contributed by atoms with Crippen LogP contribution in [0.4, 0.5) is 0 Å². The van der Waals surface area contributed by atoms with Crippen molar-refractivity contribution in [3.8, 4) is 0 Å². The van der Waals surface area contributed by atoms with Crippen LogP contribution >= 0.6 is 0 Å². The van der Waals surface area contributed by atoms with E-state index in [2.05, 4.69) is 116 Å². The monoisotopic (exact) mass is 528 g/mol. The standard InChI is InChI=1S/C31H52O3Si2/c1-9-35(10-2,11-3)34-30(26(4)19-18-24-32)27(5)25-33-36(31(6,7)8,28-20-14-12-15-21-28)29-22-16-13-17-23-29/h12-17,20-23,26-27,30,32H,9-11,18-19,24-25H2,1-8H3/t26-,27+,30+/m1/s1. The fourth-order valence-electron chi connectivity index (χ4n) is 5.77. The summed E-state index contributed by atoms with van der Waals surface area (Å²) in [5.41, 5.74) is 0. The van der Waals surface area contributed by atoms with Gasteiger partial charge >= 0.3 is 0 Å². The SMILES string of the molecule is CC[Si](CC)(CC)O[C@@H]([C@H](C)CCCO)[C@@H](C)CO[Si](c1ccccc1)(c1ccccc1)C(C)(C)C. The first-order valence-corrected chi connectivity index (χ1v) is 18.6. The lowest BCUT2D eigenvalue weighted by atomic mass is 9.91. The van der Waals surface area contributed by atoms with Crippen molar-refractivity contribution >= 4 is 27.0 Å². The molecule has 202 valence electrons. The lowest BCUT2D eigenvalue weighted by Gasteiger charge is -2.45. The molecule has 3 atom stereocenters. The first-order valence-electron chi connectivity index (χ1n) is 14.1. The lowest BCUT2D eigenvalue weighted by Crippen LogP contribution is -2.67. The molecule has 1 N–H and O–H groups in total. The topological polar surface area (TPSA) is 38.7 Å². The number of hydrogen-bond acceptors (Lipinski definition) is 3. The Morgan fingerprint density at radius 3 is 1.64 bits per heavy atom. The van der Waals surface area contributed by atoms with Gasteiger partial charge in [-0.1, -0.05) is 116 Å². The highest BCUT2D eigenvalue weighted by atomic mass is 28.4. The summed E-state index contributed by atoms with van der Waals surface area (Å²) in [7, 11) is -4.38. The van der Waals surface area contributed by atoms with Crippen LogP contribution in [0.15, 0.2) is 60.7 Å². The van der Waals surface area contributed by atoms with E-state index < -0.39 is 16.6 Å². The van der Waals surface area contributed by atoms with E-state index in [0.29, 0.717) is 12.5 Å². The largest absolute Gasteiger partial charge is 0.413 e. The Bertz CT molecular complexity index is 815. The van der Waals surface area contributed by atoms with E-state index in [1.54, 1.807) is 0 Å². The van der Waals surface area contributed by atoms with Gasteiger partial charge in [-0.2, -0.15) is 0 Å². The molecule has 3 nitrogen and oxygen atoms in total. The van der Waals surface area contributed by atoms with Crippen LogP contribution in [0.25, 0.3) is 0 Å². The molecule has 0 bridgehead atoms. The highest BCUT2D eigenvalue weighted by molar-refractivity contribution is 6.99. The minimum Gasteiger partial charge on any atom is -0.413 e. The second-order valence-corrected chi connectivity index (χ2v) is 20.6. The zero-order valence-electron chi connectivity index (χ0n) is 24.2. The average molecular weight is 529 g/mol. The van der Waals surface area contributed by atoms with Gasteiger partial charge in [0.25, 0.3) is 8.32 Å². The summed E-state index contributed by atoms with van der Waals surface area (Å²) in [6, 6.07) is 25.2. The summed E-state index contributed by atoms with van der Waals surface area (Å²) in [6.07, 6.45) is 1.94. The Morgan fingerprint density at radius 2 is 1.25 bits per heavy atom. The maximum Gasteiger partial charge on any atom is 0.261 e. The summed E-state index contributed by atoms with van der Waals surface area (Å²) < 4.78 is 14.5. The smallest absolute Gasteiger partial charge is 0.261 e. The zero-order chi connectivity index (χ0) is 26.8. The van der Waals surface area contributed by atoms with Gasteiger partial charge in [-0.15, -0.1) is 0 Å². The molecule has 0 spiro atoms. The van der Waals surface area contributed by atoms with Crippen molar-refractivity contribution < 1.29 is 14.0 Å². The van der Waals surface area contributed by atoms with E-state index in [1.165, 1.54) is 10.4 Å².